The first-order valence-corrected chi connectivity index (χ1v) is 4.31. The molecule has 0 aromatic heterocycles. The van der Waals surface area contributed by atoms with Crippen LogP contribution < -0.4 is 5.73 Å². The van der Waals surface area contributed by atoms with Gasteiger partial charge in [-0.05, 0) is 5.56 Å². The average molecular weight is 209 g/mol. The van der Waals surface area contributed by atoms with Gasteiger partial charge in [-0.25, -0.2) is 9.45 Å². The van der Waals surface area contributed by atoms with Crippen molar-refractivity contribution in [2.75, 3.05) is 0 Å². The maximum absolute atomic E-state index is 12.8. The molecule has 80 valence electrons. The Morgan fingerprint density at radius 2 is 2.07 bits per heavy atom. The van der Waals surface area contributed by atoms with Gasteiger partial charge in [0.05, 0.1) is 12.8 Å². The zero-order chi connectivity index (χ0) is 11.3. The van der Waals surface area contributed by atoms with Gasteiger partial charge >= 0.3 is 0 Å². The van der Waals surface area contributed by atoms with E-state index in [0.29, 0.717) is 11.3 Å². The quantitative estimate of drug-likeness (QED) is 0.521. The summed E-state index contributed by atoms with van der Waals surface area (Å²) in [6.07, 6.45) is 0.448. The van der Waals surface area contributed by atoms with Gasteiger partial charge in [0.2, 0.25) is 0 Å². The first-order chi connectivity index (χ1) is 7.15. The first kappa shape index (κ1) is 11.2. The highest BCUT2D eigenvalue weighted by Gasteiger charge is 2.08. The predicted molar refractivity (Wildman–Crippen MR) is 54.9 cm³/mol. The number of nitrogens with zero attached hydrogens (tertiary/aromatic N) is 1. The smallest absolute Gasteiger partial charge is 0.182 e. The van der Waals surface area contributed by atoms with Crippen LogP contribution in [-0.2, 0) is 6.54 Å². The first-order valence-electron chi connectivity index (χ1n) is 4.31. The van der Waals surface area contributed by atoms with Crippen LogP contribution in [0.15, 0.2) is 42.0 Å². The van der Waals surface area contributed by atoms with Gasteiger partial charge in [-0.3, -0.25) is 5.21 Å². The highest BCUT2D eigenvalue weighted by molar-refractivity contribution is 5.73. The predicted octanol–water partition coefficient (Wildman–Crippen LogP) is 1.62. The van der Waals surface area contributed by atoms with Crippen LogP contribution in [0.25, 0.3) is 0 Å². The standard InChI is InChI=1S/C10H12FN3O/c11-9(6-12)10(13)14(15)7-8-4-2-1-3-5-8/h1-6,12,15H,7,13H2/b10-9-,12-6?. The lowest BCUT2D eigenvalue weighted by atomic mass is 10.2. The number of nitrogens with one attached hydrogen (secondary N) is 1. The molecule has 0 radical (unpaired) electrons. The Labute approximate surface area is 86.9 Å². The number of hydroxylamine groups is 2. The Hall–Kier alpha value is -1.88. The van der Waals surface area contributed by atoms with E-state index in [1.807, 2.05) is 6.07 Å². The molecule has 15 heavy (non-hydrogen) atoms. The molecule has 1 rings (SSSR count). The molecule has 0 atom stereocenters. The second-order valence-corrected chi connectivity index (χ2v) is 2.92. The largest absolute Gasteiger partial charge is 0.381 e. The number of benzene rings is 1. The topological polar surface area (TPSA) is 73.3 Å². The second kappa shape index (κ2) is 5.11. The van der Waals surface area contributed by atoms with E-state index >= 15 is 0 Å². The van der Waals surface area contributed by atoms with Crippen molar-refractivity contribution in [3.05, 3.63) is 47.5 Å². The molecule has 0 heterocycles. The van der Waals surface area contributed by atoms with E-state index in [1.54, 1.807) is 24.3 Å². The van der Waals surface area contributed by atoms with E-state index in [2.05, 4.69) is 0 Å². The van der Waals surface area contributed by atoms with Crippen molar-refractivity contribution < 1.29 is 9.60 Å². The molecule has 0 spiro atoms. The van der Waals surface area contributed by atoms with E-state index in [0.717, 1.165) is 5.56 Å². The molecule has 0 fully saturated rings. The van der Waals surface area contributed by atoms with E-state index in [9.17, 15) is 9.60 Å². The van der Waals surface area contributed by atoms with E-state index in [-0.39, 0.29) is 6.54 Å². The number of hydrogen-bond acceptors (Lipinski definition) is 4. The fourth-order valence-corrected chi connectivity index (χ4v) is 1.04. The molecule has 0 aliphatic carbocycles. The van der Waals surface area contributed by atoms with Gasteiger partial charge in [-0.15, -0.1) is 0 Å². The number of hydrogen-bond donors (Lipinski definition) is 3. The molecule has 4 N–H and O–H groups in total. The molecule has 0 bridgehead atoms. The summed E-state index contributed by atoms with van der Waals surface area (Å²) in [5, 5.41) is 16.6. The highest BCUT2D eigenvalue weighted by atomic mass is 19.1. The lowest BCUT2D eigenvalue weighted by Crippen LogP contribution is -2.25. The highest BCUT2D eigenvalue weighted by Crippen LogP contribution is 2.08. The minimum Gasteiger partial charge on any atom is -0.381 e. The Balaban J connectivity index is 2.72. The molecule has 0 amide bonds. The van der Waals surface area contributed by atoms with Crippen LogP contribution in [0, 0.1) is 5.41 Å². The van der Waals surface area contributed by atoms with Crippen LogP contribution in [-0.4, -0.2) is 16.5 Å². The van der Waals surface area contributed by atoms with Crippen molar-refractivity contribution in [2.45, 2.75) is 6.54 Å². The van der Waals surface area contributed by atoms with Gasteiger partial charge in [0.15, 0.2) is 11.6 Å². The summed E-state index contributed by atoms with van der Waals surface area (Å²) in [6, 6.07) is 8.99. The van der Waals surface area contributed by atoms with Crippen molar-refractivity contribution in [2.24, 2.45) is 5.73 Å². The molecule has 0 aliphatic rings. The van der Waals surface area contributed by atoms with Crippen LogP contribution in [0.2, 0.25) is 0 Å². The molecule has 5 heteroatoms. The van der Waals surface area contributed by atoms with Crippen molar-refractivity contribution >= 4 is 6.21 Å². The lowest BCUT2D eigenvalue weighted by molar-refractivity contribution is -0.0670. The van der Waals surface area contributed by atoms with Crippen molar-refractivity contribution in [3.63, 3.8) is 0 Å². The third kappa shape index (κ3) is 3.07. The molecule has 0 unspecified atom stereocenters. The minimum atomic E-state index is -0.964. The number of rotatable bonds is 4. The Bertz CT molecular complexity index is 364. The third-order valence-corrected chi connectivity index (χ3v) is 1.82. The lowest BCUT2D eigenvalue weighted by Gasteiger charge is -2.16. The molecule has 1 aromatic rings. The Morgan fingerprint density at radius 3 is 2.60 bits per heavy atom. The van der Waals surface area contributed by atoms with Crippen LogP contribution in [0.5, 0.6) is 0 Å². The van der Waals surface area contributed by atoms with Crippen LogP contribution >= 0.6 is 0 Å². The average Bonchev–Trinajstić information content (AvgIpc) is 2.28. The van der Waals surface area contributed by atoms with E-state index in [1.165, 1.54) is 0 Å². The van der Waals surface area contributed by atoms with Crippen LogP contribution in [0.1, 0.15) is 5.56 Å². The monoisotopic (exact) mass is 209 g/mol. The van der Waals surface area contributed by atoms with Gasteiger partial charge < -0.3 is 11.1 Å². The molecule has 0 saturated heterocycles. The molecular formula is C10H12FN3O. The number of halogens is 1. The van der Waals surface area contributed by atoms with Gasteiger partial charge in [0, 0.05) is 0 Å². The normalized spacial score (nSPS) is 11.9. The summed E-state index contributed by atoms with van der Waals surface area (Å²) < 4.78 is 12.8. The fraction of sp³-hybridized carbons (Fsp3) is 0.100. The summed E-state index contributed by atoms with van der Waals surface area (Å²) in [4.78, 5) is 0. The van der Waals surface area contributed by atoms with Crippen molar-refractivity contribution in [3.8, 4) is 0 Å². The van der Waals surface area contributed by atoms with Crippen LogP contribution in [0.4, 0.5) is 4.39 Å². The summed E-state index contributed by atoms with van der Waals surface area (Å²) in [7, 11) is 0. The summed E-state index contributed by atoms with van der Waals surface area (Å²) in [6.45, 7) is 0.0773. The van der Waals surface area contributed by atoms with E-state index < -0.39 is 11.6 Å². The summed E-state index contributed by atoms with van der Waals surface area (Å²) in [5.41, 5.74) is 6.04. The second-order valence-electron chi connectivity index (χ2n) is 2.92. The zero-order valence-electron chi connectivity index (χ0n) is 8.02. The SMILES string of the molecule is N=C/C(F)=C(\N)N(O)Cc1ccccc1. The van der Waals surface area contributed by atoms with Gasteiger partial charge in [-0.1, -0.05) is 30.3 Å². The number of nitrogens with two attached hydrogens (primary N) is 1. The zero-order valence-corrected chi connectivity index (χ0v) is 8.02. The molecule has 1 aromatic carbocycles. The minimum absolute atomic E-state index is 0.0773. The maximum atomic E-state index is 12.8. The van der Waals surface area contributed by atoms with Gasteiger partial charge in [-0.2, -0.15) is 0 Å². The fourth-order valence-electron chi connectivity index (χ4n) is 1.04. The molecule has 0 aliphatic heterocycles. The van der Waals surface area contributed by atoms with Gasteiger partial charge in [0.1, 0.15) is 0 Å². The molecule has 0 saturated carbocycles. The van der Waals surface area contributed by atoms with E-state index in [4.69, 9.17) is 11.1 Å². The Kier molecular flexibility index (Phi) is 3.82. The van der Waals surface area contributed by atoms with Crippen LogP contribution in [0.3, 0.4) is 0 Å². The van der Waals surface area contributed by atoms with Crippen molar-refractivity contribution in [1.29, 1.82) is 5.41 Å². The number of allylic oxidation sites excluding steroid dienone is 1. The molecular weight excluding hydrogens is 197 g/mol. The molecule has 4 nitrogen and oxygen atoms in total. The van der Waals surface area contributed by atoms with Crippen molar-refractivity contribution in [1.82, 2.24) is 5.06 Å². The Morgan fingerprint density at radius 1 is 1.47 bits per heavy atom. The van der Waals surface area contributed by atoms with Gasteiger partial charge in [0.25, 0.3) is 0 Å². The summed E-state index contributed by atoms with van der Waals surface area (Å²) in [5.74, 6) is -1.43. The third-order valence-electron chi connectivity index (χ3n) is 1.82. The summed E-state index contributed by atoms with van der Waals surface area (Å²) >= 11 is 0. The maximum Gasteiger partial charge on any atom is 0.182 e.